The molecule has 0 aliphatic rings. The molecule has 0 radical (unpaired) electrons. The van der Waals surface area contributed by atoms with Crippen molar-refractivity contribution in [1.29, 1.82) is 0 Å². The molecule has 3 nitrogen and oxygen atoms in total. The molecule has 0 aliphatic carbocycles. The summed E-state index contributed by atoms with van der Waals surface area (Å²) in [5.74, 6) is 21.9. The molecular weight excluding hydrogens is 1140 g/mol. The monoisotopic (exact) mass is 1190 g/mol. The summed E-state index contributed by atoms with van der Waals surface area (Å²) in [5.41, 5.74) is 2.55. The molecule has 14 rings (SSSR count). The molecule has 0 atom stereocenters. The minimum absolute atomic E-state index is 0.284. The Morgan fingerprint density at radius 1 is 0.381 bits per heavy atom. The first kappa shape index (κ1) is 55.4. The Kier molecular flexibility index (Phi) is 15.6. The summed E-state index contributed by atoms with van der Waals surface area (Å²) in [6.45, 7) is 3.87. The minimum atomic E-state index is -5.72. The van der Waals surface area contributed by atoms with Gasteiger partial charge in [-0.05, 0) is 133 Å². The molecule has 0 saturated heterocycles. The average molecular weight is 1190 g/mol. The third-order valence-electron chi connectivity index (χ3n) is 14.1. The quantitative estimate of drug-likeness (QED) is 0.100. The summed E-state index contributed by atoms with van der Waals surface area (Å²) in [6.07, 6.45) is 6.59. The van der Waals surface area contributed by atoms with E-state index in [-0.39, 0.29) is 12.2 Å². The summed E-state index contributed by atoms with van der Waals surface area (Å²) in [4.78, 5) is 0. The van der Waals surface area contributed by atoms with Crippen LogP contribution < -0.4 is 4.18 Å². The standard InChI is InChI=1S/C36H22S2.C23H15F3O3S2.C14H8S/c1-2-27-21-24(11-12-25-15-19-31-29-7-3-5-9-33(29)37-35(31)22-25)13-17-28(27)18-14-26-16-20-32-30-8-4-6-10-34(30)38-36(32)23-26;1-2-17-13-15(10-12-20(17)29-31(27,28)23(24,25)26)7-8-16-9-11-19-18-5-3-4-6-21(18)30-22(19)14-16;1-2-10-7-8-12-11-5-3-4-6-13(11)15-14(12)9-10/h3-10,13,15-17,19-23H,2H2,1H3;3-6,9-14H,2H2,1H3;1,3-9H. The van der Waals surface area contributed by atoms with E-state index in [0.717, 1.165) is 49.9 Å². The molecule has 84 heavy (non-hydrogen) atoms. The second-order valence-electron chi connectivity index (χ2n) is 19.5. The first-order valence-corrected chi connectivity index (χ1v) is 31.4. The molecular formula is C73H45F3O3S5. The fourth-order valence-electron chi connectivity index (χ4n) is 9.92. The van der Waals surface area contributed by atoms with Crippen molar-refractivity contribution in [1.82, 2.24) is 0 Å². The fourth-order valence-corrected chi connectivity index (χ4v) is 15.0. The molecule has 0 saturated carbocycles. The molecule has 10 aromatic carbocycles. The van der Waals surface area contributed by atoms with E-state index in [9.17, 15) is 21.6 Å². The highest BCUT2D eigenvalue weighted by Crippen LogP contribution is 2.38. The third-order valence-corrected chi connectivity index (χ3v) is 19.6. The van der Waals surface area contributed by atoms with Gasteiger partial charge in [-0.25, -0.2) is 0 Å². The molecule has 0 spiro atoms. The van der Waals surface area contributed by atoms with Crippen LogP contribution in [0.15, 0.2) is 206 Å². The van der Waals surface area contributed by atoms with Gasteiger partial charge in [0.15, 0.2) is 0 Å². The van der Waals surface area contributed by atoms with Gasteiger partial charge in [0.2, 0.25) is 0 Å². The maximum atomic E-state index is 12.6. The lowest BCUT2D eigenvalue weighted by molar-refractivity contribution is -0.0500. The second kappa shape index (κ2) is 23.6. The lowest BCUT2D eigenvalue weighted by atomic mass is 10.0. The Labute approximate surface area is 500 Å². The van der Waals surface area contributed by atoms with Crippen LogP contribution >= 0.6 is 45.3 Å². The molecule has 14 aromatic rings. The van der Waals surface area contributed by atoms with Crippen LogP contribution in [0.5, 0.6) is 5.75 Å². The number of terminal acetylenes is 1. The number of rotatable bonds is 4. The molecule has 4 aromatic heterocycles. The van der Waals surface area contributed by atoms with E-state index in [1.165, 1.54) is 94.4 Å². The average Bonchev–Trinajstić information content (AvgIpc) is 4.39. The molecule has 0 amide bonds. The molecule has 0 bridgehead atoms. The van der Waals surface area contributed by atoms with Crippen LogP contribution in [-0.4, -0.2) is 13.9 Å². The molecule has 0 N–H and O–H groups in total. The van der Waals surface area contributed by atoms with Crippen molar-refractivity contribution >= 4 is 136 Å². The van der Waals surface area contributed by atoms with Gasteiger partial charge in [-0.3, -0.25) is 0 Å². The minimum Gasteiger partial charge on any atom is -0.376 e. The van der Waals surface area contributed by atoms with Gasteiger partial charge in [0, 0.05) is 120 Å². The molecule has 11 heteroatoms. The van der Waals surface area contributed by atoms with Gasteiger partial charge in [-0.1, -0.05) is 152 Å². The highest BCUT2D eigenvalue weighted by atomic mass is 32.2. The number of aryl methyl sites for hydroxylation is 2. The second-order valence-corrected chi connectivity index (χ2v) is 25.4. The summed E-state index contributed by atoms with van der Waals surface area (Å²) in [6, 6.07) is 69.5. The Balaban J connectivity index is 0.000000135. The molecule has 0 aliphatic heterocycles. The molecule has 406 valence electrons. The highest BCUT2D eigenvalue weighted by molar-refractivity contribution is 7.88. The van der Waals surface area contributed by atoms with Crippen molar-refractivity contribution in [3.63, 3.8) is 0 Å². The van der Waals surface area contributed by atoms with Gasteiger partial charge in [0.1, 0.15) is 5.75 Å². The molecule has 0 fully saturated rings. The third kappa shape index (κ3) is 11.6. The van der Waals surface area contributed by atoms with E-state index >= 15 is 0 Å². The first-order valence-electron chi connectivity index (χ1n) is 26.8. The van der Waals surface area contributed by atoms with Gasteiger partial charge in [0.05, 0.1) is 0 Å². The van der Waals surface area contributed by atoms with E-state index in [0.29, 0.717) is 11.1 Å². The van der Waals surface area contributed by atoms with Crippen molar-refractivity contribution in [2.75, 3.05) is 0 Å². The van der Waals surface area contributed by atoms with Crippen LogP contribution in [0.2, 0.25) is 0 Å². The number of halogens is 3. The van der Waals surface area contributed by atoms with Gasteiger partial charge >= 0.3 is 15.6 Å². The number of benzene rings is 10. The number of alkyl halides is 3. The summed E-state index contributed by atoms with van der Waals surface area (Å²) >= 11 is 7.13. The maximum absolute atomic E-state index is 12.6. The molecule has 4 heterocycles. The summed E-state index contributed by atoms with van der Waals surface area (Å²) < 4.78 is 74.7. The van der Waals surface area contributed by atoms with Crippen LogP contribution in [0.25, 0.3) is 80.7 Å². The van der Waals surface area contributed by atoms with Crippen molar-refractivity contribution in [3.05, 3.63) is 256 Å². The number of hydrogen-bond acceptors (Lipinski definition) is 7. The lowest BCUT2D eigenvalue weighted by Gasteiger charge is -2.12. The van der Waals surface area contributed by atoms with Crippen LogP contribution in [0.4, 0.5) is 13.2 Å². The van der Waals surface area contributed by atoms with Crippen LogP contribution in [0, 0.1) is 47.9 Å². The van der Waals surface area contributed by atoms with Crippen LogP contribution in [-0.2, 0) is 23.0 Å². The van der Waals surface area contributed by atoms with Crippen LogP contribution in [0.3, 0.4) is 0 Å². The predicted molar refractivity (Wildman–Crippen MR) is 350 cm³/mol. The van der Waals surface area contributed by atoms with Crippen molar-refractivity contribution in [2.24, 2.45) is 0 Å². The topological polar surface area (TPSA) is 43.4 Å². The Hall–Kier alpha value is -9.14. The van der Waals surface area contributed by atoms with E-state index < -0.39 is 15.6 Å². The van der Waals surface area contributed by atoms with Gasteiger partial charge < -0.3 is 4.18 Å². The van der Waals surface area contributed by atoms with E-state index in [1.807, 2.05) is 59.1 Å². The predicted octanol–water partition coefficient (Wildman–Crippen LogP) is 20.1. The Morgan fingerprint density at radius 2 is 0.690 bits per heavy atom. The zero-order chi connectivity index (χ0) is 58.0. The Morgan fingerprint density at radius 3 is 1.07 bits per heavy atom. The van der Waals surface area contributed by atoms with Gasteiger partial charge in [0.25, 0.3) is 0 Å². The van der Waals surface area contributed by atoms with Crippen LogP contribution in [0.1, 0.15) is 63.9 Å². The lowest BCUT2D eigenvalue weighted by Crippen LogP contribution is -2.28. The Bertz CT molecular complexity index is 5270. The largest absolute Gasteiger partial charge is 0.534 e. The summed E-state index contributed by atoms with van der Waals surface area (Å²) in [7, 11) is -5.72. The smallest absolute Gasteiger partial charge is 0.376 e. The zero-order valence-corrected chi connectivity index (χ0v) is 49.1. The summed E-state index contributed by atoms with van der Waals surface area (Å²) in [5, 5.41) is 10.2. The van der Waals surface area contributed by atoms with Gasteiger partial charge in [-0.15, -0.1) is 51.8 Å². The van der Waals surface area contributed by atoms with Gasteiger partial charge in [-0.2, -0.15) is 21.6 Å². The number of thiophene rings is 4. The fraction of sp³-hybridized carbons (Fsp3) is 0.0685. The number of fused-ring (bicyclic) bond motifs is 12. The number of hydrogen-bond donors (Lipinski definition) is 0. The molecule has 0 unspecified atom stereocenters. The normalized spacial score (nSPS) is 11.3. The first-order chi connectivity index (χ1) is 40.8. The highest BCUT2D eigenvalue weighted by Gasteiger charge is 2.48. The van der Waals surface area contributed by atoms with Crippen molar-refractivity contribution < 1.29 is 25.8 Å². The van der Waals surface area contributed by atoms with E-state index in [4.69, 9.17) is 6.42 Å². The SMILES string of the molecule is C#Cc1ccc2c(c1)sc1ccccc12.CCc1cc(C#Cc2ccc3c(c2)sc2ccccc23)ccc1C#Cc1ccc2c(c1)sc1ccccc12.CCc1cc(C#Cc2ccc3c(c2)sc2ccccc23)ccc1OS(=O)(=O)C(F)(F)F. The van der Waals surface area contributed by atoms with E-state index in [1.54, 1.807) is 29.6 Å². The van der Waals surface area contributed by atoms with Crippen molar-refractivity contribution in [2.45, 2.75) is 32.2 Å². The van der Waals surface area contributed by atoms with E-state index in [2.05, 4.69) is 204 Å². The van der Waals surface area contributed by atoms with Crippen molar-refractivity contribution in [3.8, 4) is 53.6 Å². The zero-order valence-electron chi connectivity index (χ0n) is 45.0. The maximum Gasteiger partial charge on any atom is 0.534 e.